The Labute approximate surface area is 143 Å². The van der Waals surface area contributed by atoms with Gasteiger partial charge in [0.15, 0.2) is 0 Å². The summed E-state index contributed by atoms with van der Waals surface area (Å²) in [5.41, 5.74) is 3.31. The average molecular weight is 324 g/mol. The molecular weight excluding hydrogens is 300 g/mol. The van der Waals surface area contributed by atoms with Gasteiger partial charge in [-0.25, -0.2) is 0 Å². The van der Waals surface area contributed by atoms with E-state index in [1.54, 1.807) is 6.08 Å². The molecule has 1 aromatic carbocycles. The number of fused-ring (bicyclic) bond motifs is 1. The summed E-state index contributed by atoms with van der Waals surface area (Å²) >= 11 is 0. The molecule has 2 rings (SSSR count). The van der Waals surface area contributed by atoms with Crippen molar-refractivity contribution in [1.29, 1.82) is 5.26 Å². The first kappa shape index (κ1) is 17.8. The third kappa shape index (κ3) is 3.84. The van der Waals surface area contributed by atoms with E-state index in [1.165, 1.54) is 5.69 Å². The molecule has 0 saturated carbocycles. The van der Waals surface area contributed by atoms with Gasteiger partial charge >= 0.3 is 0 Å². The van der Waals surface area contributed by atoms with Crippen LogP contribution in [-0.4, -0.2) is 42.6 Å². The van der Waals surface area contributed by atoms with E-state index in [0.29, 0.717) is 6.54 Å². The van der Waals surface area contributed by atoms with Crippen LogP contribution in [0.1, 0.15) is 18.2 Å². The quantitative estimate of drug-likeness (QED) is 0.656. The first-order valence-electron chi connectivity index (χ1n) is 8.11. The number of hydrogen-bond donors (Lipinski definition) is 1. The second-order valence-corrected chi connectivity index (χ2v) is 6.05. The first-order chi connectivity index (χ1) is 11.5. The number of benzene rings is 1. The van der Waals surface area contributed by atoms with Gasteiger partial charge in [-0.15, -0.1) is 0 Å². The second-order valence-electron chi connectivity index (χ2n) is 6.05. The molecule has 0 aliphatic rings. The Hall–Kier alpha value is -2.58. The number of aromatic nitrogens is 1. The molecule has 2 aromatic rings. The molecule has 0 aliphatic carbocycles. The highest BCUT2D eigenvalue weighted by molar-refractivity contribution is 6.04. The van der Waals surface area contributed by atoms with Crippen LogP contribution in [0.2, 0.25) is 0 Å². The molecule has 1 N–H and O–H groups in total. The van der Waals surface area contributed by atoms with Gasteiger partial charge in [-0.3, -0.25) is 4.79 Å². The van der Waals surface area contributed by atoms with Gasteiger partial charge < -0.3 is 14.8 Å². The van der Waals surface area contributed by atoms with E-state index in [9.17, 15) is 10.1 Å². The lowest BCUT2D eigenvalue weighted by atomic mass is 10.1. The summed E-state index contributed by atoms with van der Waals surface area (Å²) in [5.74, 6) is -0.333. The molecule has 5 nitrogen and oxygen atoms in total. The number of nitrogens with zero attached hydrogens (tertiary/aromatic N) is 3. The molecule has 5 heteroatoms. The smallest absolute Gasteiger partial charge is 0.261 e. The van der Waals surface area contributed by atoms with Gasteiger partial charge in [0.05, 0.1) is 0 Å². The zero-order valence-corrected chi connectivity index (χ0v) is 14.8. The molecular formula is C19H24N4O. The fraction of sp³-hybridized carbons (Fsp3) is 0.368. The Morgan fingerprint density at radius 1 is 1.42 bits per heavy atom. The third-order valence-corrected chi connectivity index (χ3v) is 3.96. The van der Waals surface area contributed by atoms with Gasteiger partial charge in [-0.2, -0.15) is 5.26 Å². The van der Waals surface area contributed by atoms with Crippen LogP contribution in [0.4, 0.5) is 0 Å². The van der Waals surface area contributed by atoms with Crippen LogP contribution in [-0.2, 0) is 11.3 Å². The van der Waals surface area contributed by atoms with Crippen molar-refractivity contribution in [3.63, 3.8) is 0 Å². The highest BCUT2D eigenvalue weighted by Crippen LogP contribution is 2.25. The topological polar surface area (TPSA) is 61.1 Å². The molecule has 0 fully saturated rings. The Bertz CT molecular complexity index is 809. The van der Waals surface area contributed by atoms with Crippen molar-refractivity contribution in [2.24, 2.45) is 0 Å². The Morgan fingerprint density at radius 2 is 2.17 bits per heavy atom. The van der Waals surface area contributed by atoms with Crippen LogP contribution in [0.15, 0.2) is 29.8 Å². The number of likely N-dealkylation sites (N-methyl/N-ethyl adjacent to an activating group) is 2. The molecule has 0 radical (unpaired) electrons. The van der Waals surface area contributed by atoms with Crippen LogP contribution >= 0.6 is 0 Å². The number of aryl methyl sites for hydroxylation is 1. The van der Waals surface area contributed by atoms with Crippen LogP contribution in [0.5, 0.6) is 0 Å². The Balaban J connectivity index is 2.48. The highest BCUT2D eigenvalue weighted by atomic mass is 16.1. The highest BCUT2D eigenvalue weighted by Gasteiger charge is 2.11. The fourth-order valence-corrected chi connectivity index (χ4v) is 2.72. The lowest BCUT2D eigenvalue weighted by Gasteiger charge is -2.13. The number of nitrogens with one attached hydrogen (secondary N) is 1. The van der Waals surface area contributed by atoms with Crippen LogP contribution in [0.3, 0.4) is 0 Å². The Kier molecular flexibility index (Phi) is 5.78. The molecule has 24 heavy (non-hydrogen) atoms. The molecule has 0 bridgehead atoms. The molecule has 0 aliphatic heterocycles. The largest absolute Gasteiger partial charge is 0.352 e. The zero-order valence-electron chi connectivity index (χ0n) is 14.8. The van der Waals surface area contributed by atoms with Gasteiger partial charge in [0, 0.05) is 36.2 Å². The van der Waals surface area contributed by atoms with E-state index in [1.807, 2.05) is 25.1 Å². The lowest BCUT2D eigenvalue weighted by molar-refractivity contribution is -0.116. The van der Waals surface area contributed by atoms with Crippen molar-refractivity contribution in [2.75, 3.05) is 27.2 Å². The normalized spacial score (nSPS) is 11.8. The van der Waals surface area contributed by atoms with E-state index in [4.69, 9.17) is 0 Å². The summed E-state index contributed by atoms with van der Waals surface area (Å²) in [6.45, 7) is 6.27. The minimum absolute atomic E-state index is 0.128. The fourth-order valence-electron chi connectivity index (χ4n) is 2.72. The van der Waals surface area contributed by atoms with Crippen molar-refractivity contribution in [3.05, 3.63) is 41.1 Å². The SMILES string of the molecule is CCNC(=O)C(C#N)=Cc1cccc2c1cc(C)n2CCN(C)C. The summed E-state index contributed by atoms with van der Waals surface area (Å²) in [7, 11) is 4.11. The maximum absolute atomic E-state index is 12.0. The van der Waals surface area contributed by atoms with Crippen LogP contribution in [0.25, 0.3) is 17.0 Å². The molecule has 0 unspecified atom stereocenters. The van der Waals surface area contributed by atoms with E-state index >= 15 is 0 Å². The number of carbonyl (C=O) groups excluding carboxylic acids is 1. The van der Waals surface area contributed by atoms with Crippen molar-refractivity contribution in [2.45, 2.75) is 20.4 Å². The monoisotopic (exact) mass is 324 g/mol. The van der Waals surface area contributed by atoms with Gasteiger partial charge in [-0.05, 0) is 51.7 Å². The van der Waals surface area contributed by atoms with Crippen molar-refractivity contribution in [3.8, 4) is 6.07 Å². The predicted molar refractivity (Wildman–Crippen MR) is 97.5 cm³/mol. The summed E-state index contributed by atoms with van der Waals surface area (Å²) in [6.07, 6.45) is 1.67. The minimum atomic E-state index is -0.333. The van der Waals surface area contributed by atoms with Gasteiger partial charge in [0.25, 0.3) is 5.91 Å². The van der Waals surface area contributed by atoms with Crippen molar-refractivity contribution in [1.82, 2.24) is 14.8 Å². The summed E-state index contributed by atoms with van der Waals surface area (Å²) in [5, 5.41) is 13.0. The minimum Gasteiger partial charge on any atom is -0.352 e. The first-order valence-corrected chi connectivity index (χ1v) is 8.11. The second kappa shape index (κ2) is 7.80. The summed E-state index contributed by atoms with van der Waals surface area (Å²) in [4.78, 5) is 14.1. The summed E-state index contributed by atoms with van der Waals surface area (Å²) < 4.78 is 2.27. The van der Waals surface area contributed by atoms with E-state index in [-0.39, 0.29) is 11.5 Å². The van der Waals surface area contributed by atoms with Crippen LogP contribution in [0, 0.1) is 18.3 Å². The van der Waals surface area contributed by atoms with E-state index < -0.39 is 0 Å². The molecule has 0 spiro atoms. The number of nitriles is 1. The van der Waals surface area contributed by atoms with E-state index in [0.717, 1.165) is 29.6 Å². The maximum atomic E-state index is 12.0. The van der Waals surface area contributed by atoms with Crippen LogP contribution < -0.4 is 5.32 Å². The number of rotatable bonds is 6. The standard InChI is InChI=1S/C19H24N4O/c1-5-21-19(24)16(13-20)12-15-7-6-8-18-17(15)11-14(2)23(18)10-9-22(3)4/h6-8,11-12H,5,9-10H2,1-4H3,(H,21,24). The lowest BCUT2D eigenvalue weighted by Crippen LogP contribution is -2.23. The third-order valence-electron chi connectivity index (χ3n) is 3.96. The predicted octanol–water partition coefficient (Wildman–Crippen LogP) is 2.55. The van der Waals surface area contributed by atoms with Gasteiger partial charge in [-0.1, -0.05) is 12.1 Å². The average Bonchev–Trinajstić information content (AvgIpc) is 2.86. The molecule has 1 amide bonds. The van der Waals surface area contributed by atoms with Crippen molar-refractivity contribution < 1.29 is 4.79 Å². The number of hydrogen-bond acceptors (Lipinski definition) is 3. The molecule has 1 aromatic heterocycles. The summed E-state index contributed by atoms with van der Waals surface area (Å²) in [6, 6.07) is 10.1. The molecule has 0 atom stereocenters. The zero-order chi connectivity index (χ0) is 17.7. The van der Waals surface area contributed by atoms with E-state index in [2.05, 4.69) is 47.9 Å². The Morgan fingerprint density at radius 3 is 2.79 bits per heavy atom. The number of carbonyl (C=O) groups is 1. The van der Waals surface area contributed by atoms with Gasteiger partial charge in [0.2, 0.25) is 0 Å². The molecule has 1 heterocycles. The van der Waals surface area contributed by atoms with Crippen molar-refractivity contribution >= 4 is 22.9 Å². The molecule has 126 valence electrons. The molecule has 0 saturated heterocycles. The number of amides is 1. The van der Waals surface area contributed by atoms with Gasteiger partial charge in [0.1, 0.15) is 11.6 Å². The maximum Gasteiger partial charge on any atom is 0.261 e.